The average molecular weight is 268 g/mol. The summed E-state index contributed by atoms with van der Waals surface area (Å²) in [5.41, 5.74) is 1.46. The van der Waals surface area contributed by atoms with Crippen molar-refractivity contribution in [2.24, 2.45) is 0 Å². The van der Waals surface area contributed by atoms with E-state index in [1.54, 1.807) is 38.1 Å². The van der Waals surface area contributed by atoms with Crippen molar-refractivity contribution in [3.8, 4) is 0 Å². The maximum atomic E-state index is 11.2. The van der Waals surface area contributed by atoms with Gasteiger partial charge in [0.15, 0.2) is 0 Å². The predicted molar refractivity (Wildman–Crippen MR) is 70.8 cm³/mol. The van der Waals surface area contributed by atoms with Gasteiger partial charge in [-0.25, -0.2) is 4.79 Å². The Morgan fingerprint density at radius 2 is 1.83 bits per heavy atom. The molecule has 0 saturated carbocycles. The van der Waals surface area contributed by atoms with E-state index in [2.05, 4.69) is 4.74 Å². The summed E-state index contributed by atoms with van der Waals surface area (Å²) >= 11 is 1.34. The van der Waals surface area contributed by atoms with E-state index in [1.807, 2.05) is 0 Å². The van der Waals surface area contributed by atoms with Crippen LogP contribution < -0.4 is 0 Å². The molecule has 4 nitrogen and oxygen atoms in total. The van der Waals surface area contributed by atoms with Crippen LogP contribution in [0.5, 0.6) is 0 Å². The van der Waals surface area contributed by atoms with Gasteiger partial charge in [-0.05, 0) is 31.5 Å². The van der Waals surface area contributed by atoms with Gasteiger partial charge in [-0.15, -0.1) is 11.8 Å². The summed E-state index contributed by atoms with van der Waals surface area (Å²) in [5, 5.41) is 8.99. The van der Waals surface area contributed by atoms with Gasteiger partial charge in [0.1, 0.15) is 4.75 Å². The molecule has 0 aliphatic heterocycles. The number of rotatable bonds is 5. The summed E-state index contributed by atoms with van der Waals surface area (Å²) in [4.78, 5) is 22.2. The van der Waals surface area contributed by atoms with Gasteiger partial charge in [-0.3, -0.25) is 4.79 Å². The van der Waals surface area contributed by atoms with Gasteiger partial charge in [-0.1, -0.05) is 12.1 Å². The molecule has 0 spiro atoms. The second-order valence-electron chi connectivity index (χ2n) is 4.29. The molecule has 0 unspecified atom stereocenters. The van der Waals surface area contributed by atoms with Crippen LogP contribution in [-0.2, 0) is 15.3 Å². The number of methoxy groups -OCH3 is 1. The van der Waals surface area contributed by atoms with Crippen molar-refractivity contribution in [1.29, 1.82) is 0 Å². The Labute approximate surface area is 110 Å². The molecule has 98 valence electrons. The third-order valence-corrected chi connectivity index (χ3v) is 3.86. The number of esters is 1. The van der Waals surface area contributed by atoms with Crippen molar-refractivity contribution in [2.75, 3.05) is 7.11 Å². The van der Waals surface area contributed by atoms with Crippen molar-refractivity contribution in [3.05, 3.63) is 35.4 Å². The number of aliphatic carboxylic acids is 1. The van der Waals surface area contributed by atoms with Gasteiger partial charge in [0, 0.05) is 5.75 Å². The van der Waals surface area contributed by atoms with E-state index in [4.69, 9.17) is 5.11 Å². The molecule has 0 aliphatic rings. The van der Waals surface area contributed by atoms with Gasteiger partial charge >= 0.3 is 11.9 Å². The Kier molecular flexibility index (Phi) is 4.78. The minimum atomic E-state index is -0.835. The van der Waals surface area contributed by atoms with Crippen molar-refractivity contribution < 1.29 is 19.4 Å². The number of carboxylic acid groups (broad SMARTS) is 1. The first-order chi connectivity index (χ1) is 8.36. The summed E-state index contributed by atoms with van der Waals surface area (Å²) in [7, 11) is 1.33. The number of carbonyl (C=O) groups is 2. The van der Waals surface area contributed by atoms with Crippen molar-refractivity contribution in [1.82, 2.24) is 0 Å². The lowest BCUT2D eigenvalue weighted by Gasteiger charge is -2.18. The zero-order chi connectivity index (χ0) is 13.8. The van der Waals surface area contributed by atoms with Crippen LogP contribution in [0.3, 0.4) is 0 Å². The van der Waals surface area contributed by atoms with Crippen LogP contribution in [0.25, 0.3) is 0 Å². The fourth-order valence-corrected chi connectivity index (χ4v) is 2.02. The summed E-state index contributed by atoms with van der Waals surface area (Å²) < 4.78 is 3.78. The Morgan fingerprint density at radius 3 is 2.28 bits per heavy atom. The zero-order valence-electron chi connectivity index (χ0n) is 10.6. The second-order valence-corrected chi connectivity index (χ2v) is 5.89. The van der Waals surface area contributed by atoms with Crippen LogP contribution in [-0.4, -0.2) is 28.9 Å². The maximum absolute atomic E-state index is 11.2. The summed E-state index contributed by atoms with van der Waals surface area (Å²) in [5.74, 6) is -0.625. The van der Waals surface area contributed by atoms with E-state index < -0.39 is 10.7 Å². The highest BCUT2D eigenvalue weighted by Gasteiger charge is 2.27. The molecule has 0 amide bonds. The van der Waals surface area contributed by atoms with Crippen molar-refractivity contribution >= 4 is 23.7 Å². The lowest BCUT2D eigenvalue weighted by atomic mass is 10.1. The van der Waals surface area contributed by atoms with Gasteiger partial charge in [0.25, 0.3) is 0 Å². The van der Waals surface area contributed by atoms with E-state index >= 15 is 0 Å². The van der Waals surface area contributed by atoms with Gasteiger partial charge < -0.3 is 9.84 Å². The molecule has 0 aliphatic carbocycles. The molecule has 0 heterocycles. The van der Waals surface area contributed by atoms with Crippen LogP contribution in [0.4, 0.5) is 0 Å². The molecule has 0 radical (unpaired) electrons. The topological polar surface area (TPSA) is 63.6 Å². The average Bonchev–Trinajstić information content (AvgIpc) is 2.36. The molecule has 18 heavy (non-hydrogen) atoms. The first kappa shape index (κ1) is 14.6. The molecular weight excluding hydrogens is 252 g/mol. The smallest absolute Gasteiger partial charge is 0.337 e. The van der Waals surface area contributed by atoms with Gasteiger partial charge in [0.05, 0.1) is 12.7 Å². The number of hydrogen-bond donors (Lipinski definition) is 1. The van der Waals surface area contributed by atoms with E-state index in [9.17, 15) is 9.59 Å². The third-order valence-electron chi connectivity index (χ3n) is 2.49. The number of ether oxygens (including phenoxy) is 1. The maximum Gasteiger partial charge on any atom is 0.337 e. The quantitative estimate of drug-likeness (QED) is 0.831. The minimum Gasteiger partial charge on any atom is -0.480 e. The summed E-state index contributed by atoms with van der Waals surface area (Å²) in [6, 6.07) is 6.96. The third kappa shape index (κ3) is 3.77. The first-order valence-electron chi connectivity index (χ1n) is 5.41. The van der Waals surface area contributed by atoms with Crippen LogP contribution in [0.15, 0.2) is 24.3 Å². The lowest BCUT2D eigenvalue weighted by Crippen LogP contribution is -2.27. The highest BCUT2D eigenvalue weighted by molar-refractivity contribution is 8.00. The van der Waals surface area contributed by atoms with Crippen molar-refractivity contribution in [3.63, 3.8) is 0 Å². The second kappa shape index (κ2) is 5.91. The highest BCUT2D eigenvalue weighted by Crippen LogP contribution is 2.28. The standard InChI is InChI=1S/C13H16O4S/c1-13(2,12(15)16)18-8-9-4-6-10(7-5-9)11(14)17-3/h4-7H,8H2,1-3H3,(H,15,16). The number of hydrogen-bond acceptors (Lipinski definition) is 4. The van der Waals surface area contributed by atoms with Crippen molar-refractivity contribution in [2.45, 2.75) is 24.3 Å². The van der Waals surface area contributed by atoms with E-state index in [0.717, 1.165) is 5.56 Å². The van der Waals surface area contributed by atoms with E-state index in [0.29, 0.717) is 11.3 Å². The largest absolute Gasteiger partial charge is 0.480 e. The van der Waals surface area contributed by atoms with Crippen LogP contribution >= 0.6 is 11.8 Å². The molecule has 1 aromatic carbocycles. The van der Waals surface area contributed by atoms with E-state index in [-0.39, 0.29) is 5.97 Å². The van der Waals surface area contributed by atoms with Crippen LogP contribution in [0, 0.1) is 0 Å². The number of benzene rings is 1. The Bertz CT molecular complexity index is 437. The molecular formula is C13H16O4S. The highest BCUT2D eigenvalue weighted by atomic mass is 32.2. The molecule has 0 aromatic heterocycles. The SMILES string of the molecule is COC(=O)c1ccc(CSC(C)(C)C(=O)O)cc1. The Morgan fingerprint density at radius 1 is 1.28 bits per heavy atom. The fraction of sp³-hybridized carbons (Fsp3) is 0.385. The molecule has 0 bridgehead atoms. The molecule has 1 rings (SSSR count). The number of carbonyl (C=O) groups excluding carboxylic acids is 1. The number of thioether (sulfide) groups is 1. The molecule has 1 N–H and O–H groups in total. The minimum absolute atomic E-state index is 0.375. The molecule has 0 saturated heterocycles. The molecule has 0 atom stereocenters. The fourth-order valence-electron chi connectivity index (χ4n) is 1.18. The Balaban J connectivity index is 2.65. The van der Waals surface area contributed by atoms with Crippen LogP contribution in [0.1, 0.15) is 29.8 Å². The number of carboxylic acids is 1. The lowest BCUT2D eigenvalue weighted by molar-refractivity contribution is -0.138. The van der Waals surface area contributed by atoms with Gasteiger partial charge in [0.2, 0.25) is 0 Å². The molecule has 0 fully saturated rings. The predicted octanol–water partition coefficient (Wildman–Crippen LogP) is 2.57. The molecule has 1 aromatic rings. The van der Waals surface area contributed by atoms with Gasteiger partial charge in [-0.2, -0.15) is 0 Å². The van der Waals surface area contributed by atoms with E-state index in [1.165, 1.54) is 18.9 Å². The normalized spacial score (nSPS) is 11.1. The van der Waals surface area contributed by atoms with Crippen LogP contribution in [0.2, 0.25) is 0 Å². The monoisotopic (exact) mass is 268 g/mol. The Hall–Kier alpha value is -1.49. The first-order valence-corrected chi connectivity index (χ1v) is 6.40. The zero-order valence-corrected chi connectivity index (χ0v) is 11.4. The summed E-state index contributed by atoms with van der Waals surface area (Å²) in [6.07, 6.45) is 0. The summed E-state index contributed by atoms with van der Waals surface area (Å²) in [6.45, 7) is 3.34. The molecule has 5 heteroatoms.